The van der Waals surface area contributed by atoms with Crippen LogP contribution >= 0.6 is 0 Å². The molecule has 0 aromatic carbocycles. The van der Waals surface area contributed by atoms with Crippen molar-refractivity contribution in [2.24, 2.45) is 5.41 Å². The van der Waals surface area contributed by atoms with Gasteiger partial charge >= 0.3 is 0 Å². The van der Waals surface area contributed by atoms with Gasteiger partial charge in [-0.05, 0) is 30.7 Å². The lowest BCUT2D eigenvalue weighted by Crippen LogP contribution is -2.26. The monoisotopic (exact) mass is 234 g/mol. The van der Waals surface area contributed by atoms with E-state index < -0.39 is 0 Å². The Hall–Kier alpha value is -1.32. The van der Waals surface area contributed by atoms with Gasteiger partial charge < -0.3 is 10.2 Å². The summed E-state index contributed by atoms with van der Waals surface area (Å²) in [6.45, 7) is 6.83. The van der Waals surface area contributed by atoms with Gasteiger partial charge in [-0.25, -0.2) is 4.98 Å². The van der Waals surface area contributed by atoms with Crippen LogP contribution in [0.3, 0.4) is 0 Å². The molecule has 0 unspecified atom stereocenters. The van der Waals surface area contributed by atoms with Crippen molar-refractivity contribution in [3.8, 4) is 0 Å². The third kappa shape index (κ3) is 2.35. The first-order valence-corrected chi connectivity index (χ1v) is 6.49. The number of nitrogens with one attached hydrogen (secondary N) is 1. The molecule has 2 rings (SSSR count). The summed E-state index contributed by atoms with van der Waals surface area (Å²) in [4.78, 5) is 11.1. The van der Waals surface area contributed by atoms with Gasteiger partial charge in [0.1, 0.15) is 5.82 Å². The maximum absolute atomic E-state index is 4.51. The zero-order valence-corrected chi connectivity index (χ0v) is 11.0. The molecule has 1 saturated heterocycles. The van der Waals surface area contributed by atoms with E-state index in [4.69, 9.17) is 0 Å². The van der Waals surface area contributed by atoms with Crippen LogP contribution in [0.5, 0.6) is 0 Å². The smallest absolute Gasteiger partial charge is 0.224 e. The van der Waals surface area contributed by atoms with Crippen LogP contribution in [0.1, 0.15) is 33.1 Å². The van der Waals surface area contributed by atoms with Crippen molar-refractivity contribution in [2.45, 2.75) is 33.1 Å². The Morgan fingerprint density at radius 2 is 2.18 bits per heavy atom. The van der Waals surface area contributed by atoms with E-state index >= 15 is 0 Å². The molecule has 0 amide bonds. The molecule has 0 bridgehead atoms. The van der Waals surface area contributed by atoms with E-state index in [9.17, 15) is 0 Å². The molecule has 0 atom stereocenters. The van der Waals surface area contributed by atoms with Gasteiger partial charge in [0.25, 0.3) is 0 Å². The number of rotatable bonds is 4. The Morgan fingerprint density at radius 3 is 2.76 bits per heavy atom. The second-order valence-corrected chi connectivity index (χ2v) is 4.87. The minimum absolute atomic E-state index is 0.491. The average Bonchev–Trinajstić information content (AvgIpc) is 2.84. The summed E-state index contributed by atoms with van der Waals surface area (Å²) < 4.78 is 0. The molecule has 0 spiro atoms. The van der Waals surface area contributed by atoms with E-state index in [0.29, 0.717) is 11.4 Å². The zero-order valence-electron chi connectivity index (χ0n) is 11.0. The Kier molecular flexibility index (Phi) is 3.50. The van der Waals surface area contributed by atoms with E-state index in [-0.39, 0.29) is 0 Å². The normalized spacial score (nSPS) is 18.4. The summed E-state index contributed by atoms with van der Waals surface area (Å²) in [6.07, 6.45) is 5.61. The third-order valence-electron chi connectivity index (χ3n) is 4.13. The summed E-state index contributed by atoms with van der Waals surface area (Å²) in [5, 5.41) is 2.99. The van der Waals surface area contributed by atoms with Gasteiger partial charge in [0, 0.05) is 26.3 Å². The van der Waals surface area contributed by atoms with Crippen molar-refractivity contribution >= 4 is 11.8 Å². The lowest BCUT2D eigenvalue weighted by Gasteiger charge is -2.26. The fourth-order valence-electron chi connectivity index (χ4n) is 2.60. The highest BCUT2D eigenvalue weighted by atomic mass is 15.2. The molecule has 0 aliphatic carbocycles. The van der Waals surface area contributed by atoms with Gasteiger partial charge in [0.15, 0.2) is 0 Å². The number of hydrogen-bond donors (Lipinski definition) is 1. The van der Waals surface area contributed by atoms with Crippen LogP contribution in [-0.4, -0.2) is 30.1 Å². The standard InChI is InChI=1S/C13H22N4/c1-4-13(5-2)7-9-17(10-13)11-6-8-15-12(14-3)16-11/h6,8H,4-5,7,9-10H2,1-3H3,(H,14,15,16). The highest BCUT2D eigenvalue weighted by Crippen LogP contribution is 2.38. The first kappa shape index (κ1) is 12.1. The van der Waals surface area contributed by atoms with Crippen molar-refractivity contribution in [1.29, 1.82) is 0 Å². The molecule has 1 fully saturated rings. The van der Waals surface area contributed by atoms with Crippen LogP contribution in [0.2, 0.25) is 0 Å². The highest BCUT2D eigenvalue weighted by molar-refractivity contribution is 5.43. The minimum Gasteiger partial charge on any atom is -0.357 e. The zero-order chi connectivity index (χ0) is 12.3. The number of anilines is 2. The van der Waals surface area contributed by atoms with Crippen LogP contribution in [0.25, 0.3) is 0 Å². The number of hydrogen-bond acceptors (Lipinski definition) is 4. The first-order chi connectivity index (χ1) is 8.23. The Balaban J connectivity index is 2.14. The lowest BCUT2D eigenvalue weighted by atomic mass is 9.82. The third-order valence-corrected chi connectivity index (χ3v) is 4.13. The van der Waals surface area contributed by atoms with Crippen LogP contribution in [0.4, 0.5) is 11.8 Å². The largest absolute Gasteiger partial charge is 0.357 e. The van der Waals surface area contributed by atoms with E-state index in [1.807, 2.05) is 19.3 Å². The van der Waals surface area contributed by atoms with Crippen molar-refractivity contribution in [3.63, 3.8) is 0 Å². The van der Waals surface area contributed by atoms with Crippen molar-refractivity contribution in [2.75, 3.05) is 30.4 Å². The van der Waals surface area contributed by atoms with Gasteiger partial charge in [-0.2, -0.15) is 4.98 Å². The lowest BCUT2D eigenvalue weighted by molar-refractivity contribution is 0.301. The fraction of sp³-hybridized carbons (Fsp3) is 0.692. The summed E-state index contributed by atoms with van der Waals surface area (Å²) in [6, 6.07) is 2.00. The molecule has 17 heavy (non-hydrogen) atoms. The summed E-state index contributed by atoms with van der Waals surface area (Å²) in [7, 11) is 1.85. The predicted octanol–water partition coefficient (Wildman–Crippen LogP) is 2.53. The SMILES string of the molecule is CCC1(CC)CCN(c2ccnc(NC)n2)C1. The predicted molar refractivity (Wildman–Crippen MR) is 71.4 cm³/mol. The van der Waals surface area contributed by atoms with Gasteiger partial charge in [-0.1, -0.05) is 13.8 Å². The van der Waals surface area contributed by atoms with E-state index in [1.165, 1.54) is 19.3 Å². The van der Waals surface area contributed by atoms with Gasteiger partial charge in [0.2, 0.25) is 5.95 Å². The maximum atomic E-state index is 4.51. The minimum atomic E-state index is 0.491. The molecule has 4 heteroatoms. The van der Waals surface area contributed by atoms with Crippen LogP contribution in [0.15, 0.2) is 12.3 Å². The molecule has 1 aliphatic heterocycles. The molecule has 1 aliphatic rings. The van der Waals surface area contributed by atoms with Gasteiger partial charge in [-0.3, -0.25) is 0 Å². The van der Waals surface area contributed by atoms with Crippen molar-refractivity contribution < 1.29 is 0 Å². The molecule has 1 aromatic rings. The second kappa shape index (κ2) is 4.90. The molecule has 4 nitrogen and oxygen atoms in total. The van der Waals surface area contributed by atoms with Crippen LogP contribution < -0.4 is 10.2 Å². The van der Waals surface area contributed by atoms with E-state index in [0.717, 1.165) is 18.9 Å². The Bertz CT molecular complexity index is 373. The number of nitrogens with zero attached hydrogens (tertiary/aromatic N) is 3. The molecule has 0 radical (unpaired) electrons. The summed E-state index contributed by atoms with van der Waals surface area (Å²) in [5.74, 6) is 1.75. The van der Waals surface area contributed by atoms with Crippen LogP contribution in [0, 0.1) is 5.41 Å². The highest BCUT2D eigenvalue weighted by Gasteiger charge is 2.35. The molecule has 1 aromatic heterocycles. The molecular weight excluding hydrogens is 212 g/mol. The summed E-state index contributed by atoms with van der Waals surface area (Å²) in [5.41, 5.74) is 0.491. The Labute approximate surface area is 103 Å². The van der Waals surface area contributed by atoms with Gasteiger partial charge in [-0.15, -0.1) is 0 Å². The maximum Gasteiger partial charge on any atom is 0.224 e. The topological polar surface area (TPSA) is 41.1 Å². The molecular formula is C13H22N4. The summed E-state index contributed by atoms with van der Waals surface area (Å²) >= 11 is 0. The molecule has 1 N–H and O–H groups in total. The second-order valence-electron chi connectivity index (χ2n) is 4.87. The fourth-order valence-corrected chi connectivity index (χ4v) is 2.60. The average molecular weight is 234 g/mol. The van der Waals surface area contributed by atoms with Crippen molar-refractivity contribution in [3.05, 3.63) is 12.3 Å². The van der Waals surface area contributed by atoms with E-state index in [2.05, 4.69) is 34.0 Å². The first-order valence-electron chi connectivity index (χ1n) is 6.49. The number of aromatic nitrogens is 2. The van der Waals surface area contributed by atoms with Crippen LogP contribution in [-0.2, 0) is 0 Å². The Morgan fingerprint density at radius 1 is 1.41 bits per heavy atom. The quantitative estimate of drug-likeness (QED) is 0.869. The van der Waals surface area contributed by atoms with Gasteiger partial charge in [0.05, 0.1) is 0 Å². The van der Waals surface area contributed by atoms with E-state index in [1.54, 1.807) is 0 Å². The molecule has 2 heterocycles. The van der Waals surface area contributed by atoms with Crippen molar-refractivity contribution in [1.82, 2.24) is 9.97 Å². The molecule has 94 valence electrons. The molecule has 0 saturated carbocycles.